The van der Waals surface area contributed by atoms with E-state index in [1.165, 1.54) is 0 Å². The number of sulfonamides is 1. The van der Waals surface area contributed by atoms with Gasteiger partial charge in [0.25, 0.3) is 10.0 Å². The first-order valence-corrected chi connectivity index (χ1v) is 8.28. The third-order valence-corrected chi connectivity index (χ3v) is 4.89. The molecule has 21 heavy (non-hydrogen) atoms. The molecule has 0 heterocycles. The summed E-state index contributed by atoms with van der Waals surface area (Å²) >= 11 is 0. The van der Waals surface area contributed by atoms with E-state index in [0.717, 1.165) is 11.1 Å². The second-order valence-corrected chi connectivity index (χ2v) is 6.68. The Balaban J connectivity index is 2.26. The summed E-state index contributed by atoms with van der Waals surface area (Å²) in [5.74, 6) is 0. The molecule has 2 rings (SSSR count). The molecule has 0 bridgehead atoms. The van der Waals surface area contributed by atoms with E-state index in [2.05, 4.69) is 10.0 Å². The molecule has 0 aliphatic rings. The lowest BCUT2D eigenvalue weighted by Gasteiger charge is -2.13. The Morgan fingerprint density at radius 1 is 1.00 bits per heavy atom. The zero-order valence-electron chi connectivity index (χ0n) is 12.4. The van der Waals surface area contributed by atoms with Gasteiger partial charge in [-0.2, -0.15) is 0 Å². The van der Waals surface area contributed by atoms with E-state index in [1.807, 2.05) is 51.2 Å². The predicted octanol–water partition coefficient (Wildman–Crippen LogP) is 3.08. The largest absolute Gasteiger partial charge is 0.313 e. The predicted molar refractivity (Wildman–Crippen MR) is 85.9 cm³/mol. The number of rotatable bonds is 5. The van der Waals surface area contributed by atoms with Crippen LogP contribution in [-0.2, 0) is 10.0 Å². The minimum atomic E-state index is -3.56. The van der Waals surface area contributed by atoms with Crippen molar-refractivity contribution in [2.45, 2.75) is 24.8 Å². The highest BCUT2D eigenvalue weighted by molar-refractivity contribution is 7.92. The lowest BCUT2D eigenvalue weighted by molar-refractivity contribution is 0.600. The Labute approximate surface area is 126 Å². The summed E-state index contributed by atoms with van der Waals surface area (Å²) in [7, 11) is -1.69. The Kier molecular flexibility index (Phi) is 4.65. The fraction of sp³-hybridized carbons (Fsp3) is 0.250. The van der Waals surface area contributed by atoms with E-state index in [4.69, 9.17) is 0 Å². The van der Waals surface area contributed by atoms with Gasteiger partial charge in [-0.05, 0) is 50.2 Å². The number of hydrogen-bond donors (Lipinski definition) is 2. The molecule has 0 aliphatic heterocycles. The summed E-state index contributed by atoms with van der Waals surface area (Å²) in [4.78, 5) is 0.262. The molecule has 0 radical (unpaired) electrons. The zero-order valence-corrected chi connectivity index (χ0v) is 13.2. The molecule has 2 aromatic rings. The SMILES string of the molecule is CNC(C)c1ccc(S(=O)(=O)Nc2ccccc2C)cc1. The molecule has 0 saturated carbocycles. The summed E-state index contributed by atoms with van der Waals surface area (Å²) in [6, 6.07) is 14.4. The molecule has 0 saturated heterocycles. The molecule has 0 aromatic heterocycles. The van der Waals surface area contributed by atoms with E-state index < -0.39 is 10.0 Å². The Bertz CT molecular complexity index is 709. The molecule has 0 spiro atoms. The highest BCUT2D eigenvalue weighted by atomic mass is 32.2. The smallest absolute Gasteiger partial charge is 0.261 e. The van der Waals surface area contributed by atoms with Crippen molar-refractivity contribution in [1.82, 2.24) is 5.32 Å². The van der Waals surface area contributed by atoms with Gasteiger partial charge < -0.3 is 5.32 Å². The molecule has 1 unspecified atom stereocenters. The first-order chi connectivity index (χ1) is 9.94. The Hall–Kier alpha value is -1.85. The van der Waals surface area contributed by atoms with Crippen LogP contribution in [0.4, 0.5) is 5.69 Å². The van der Waals surface area contributed by atoms with E-state index in [9.17, 15) is 8.42 Å². The number of hydrogen-bond acceptors (Lipinski definition) is 3. The first kappa shape index (κ1) is 15.5. The quantitative estimate of drug-likeness (QED) is 0.892. The fourth-order valence-electron chi connectivity index (χ4n) is 1.99. The summed E-state index contributed by atoms with van der Waals surface area (Å²) in [6.45, 7) is 3.89. The van der Waals surface area contributed by atoms with Crippen molar-refractivity contribution < 1.29 is 8.42 Å². The minimum absolute atomic E-state index is 0.186. The van der Waals surface area contributed by atoms with Gasteiger partial charge in [-0.1, -0.05) is 30.3 Å². The second-order valence-electron chi connectivity index (χ2n) is 5.00. The van der Waals surface area contributed by atoms with Crippen LogP contribution in [0.15, 0.2) is 53.4 Å². The van der Waals surface area contributed by atoms with Crippen LogP contribution < -0.4 is 10.0 Å². The molecule has 2 aromatic carbocycles. The van der Waals surface area contributed by atoms with Crippen molar-refractivity contribution in [1.29, 1.82) is 0 Å². The number of aryl methyl sites for hydroxylation is 1. The maximum Gasteiger partial charge on any atom is 0.261 e. The van der Waals surface area contributed by atoms with Crippen LogP contribution in [0.1, 0.15) is 24.1 Å². The van der Waals surface area contributed by atoms with Crippen molar-refractivity contribution in [3.8, 4) is 0 Å². The maximum absolute atomic E-state index is 12.4. The molecule has 0 fully saturated rings. The highest BCUT2D eigenvalue weighted by Gasteiger charge is 2.15. The van der Waals surface area contributed by atoms with Crippen LogP contribution in [0.5, 0.6) is 0 Å². The van der Waals surface area contributed by atoms with Gasteiger partial charge in [0.2, 0.25) is 0 Å². The van der Waals surface area contributed by atoms with Crippen molar-refractivity contribution in [3.05, 3.63) is 59.7 Å². The Morgan fingerprint density at radius 2 is 1.62 bits per heavy atom. The van der Waals surface area contributed by atoms with Crippen LogP contribution in [0, 0.1) is 6.92 Å². The third kappa shape index (κ3) is 3.62. The van der Waals surface area contributed by atoms with Gasteiger partial charge in [-0.25, -0.2) is 8.42 Å². The van der Waals surface area contributed by atoms with Crippen molar-refractivity contribution in [2.24, 2.45) is 0 Å². The van der Waals surface area contributed by atoms with Crippen LogP contribution >= 0.6 is 0 Å². The van der Waals surface area contributed by atoms with E-state index >= 15 is 0 Å². The van der Waals surface area contributed by atoms with Crippen LogP contribution in [0.25, 0.3) is 0 Å². The minimum Gasteiger partial charge on any atom is -0.313 e. The molecule has 4 nitrogen and oxygen atoms in total. The van der Waals surface area contributed by atoms with Gasteiger partial charge in [-0.3, -0.25) is 4.72 Å². The topological polar surface area (TPSA) is 58.2 Å². The number of para-hydroxylation sites is 1. The summed E-state index contributed by atoms with van der Waals surface area (Å²) < 4.78 is 27.4. The number of benzene rings is 2. The van der Waals surface area contributed by atoms with Gasteiger partial charge >= 0.3 is 0 Å². The highest BCUT2D eigenvalue weighted by Crippen LogP contribution is 2.21. The van der Waals surface area contributed by atoms with Crippen LogP contribution in [-0.4, -0.2) is 15.5 Å². The van der Waals surface area contributed by atoms with Crippen molar-refractivity contribution >= 4 is 15.7 Å². The number of anilines is 1. The summed E-state index contributed by atoms with van der Waals surface area (Å²) in [6.07, 6.45) is 0. The fourth-order valence-corrected chi connectivity index (χ4v) is 3.12. The summed E-state index contributed by atoms with van der Waals surface area (Å²) in [5, 5.41) is 3.12. The maximum atomic E-state index is 12.4. The van der Waals surface area contributed by atoms with E-state index in [-0.39, 0.29) is 10.9 Å². The summed E-state index contributed by atoms with van der Waals surface area (Å²) in [5.41, 5.74) is 2.54. The van der Waals surface area contributed by atoms with Gasteiger partial charge in [-0.15, -0.1) is 0 Å². The lowest BCUT2D eigenvalue weighted by Crippen LogP contribution is -2.15. The molecule has 112 valence electrons. The lowest BCUT2D eigenvalue weighted by atomic mass is 10.1. The molecular formula is C16H20N2O2S. The standard InChI is InChI=1S/C16H20N2O2S/c1-12-6-4-5-7-16(12)18-21(19,20)15-10-8-14(9-11-15)13(2)17-3/h4-11,13,17-18H,1-3H3. The normalized spacial score (nSPS) is 12.9. The number of nitrogens with one attached hydrogen (secondary N) is 2. The van der Waals surface area contributed by atoms with Gasteiger partial charge in [0.15, 0.2) is 0 Å². The van der Waals surface area contributed by atoms with Crippen LogP contribution in [0.2, 0.25) is 0 Å². The average molecular weight is 304 g/mol. The van der Waals surface area contributed by atoms with Gasteiger partial charge in [0.1, 0.15) is 0 Å². The van der Waals surface area contributed by atoms with Crippen molar-refractivity contribution in [2.75, 3.05) is 11.8 Å². The molecule has 2 N–H and O–H groups in total. The molecule has 5 heteroatoms. The van der Waals surface area contributed by atoms with Crippen LogP contribution in [0.3, 0.4) is 0 Å². The average Bonchev–Trinajstić information content (AvgIpc) is 2.49. The zero-order chi connectivity index (χ0) is 15.5. The van der Waals surface area contributed by atoms with Gasteiger partial charge in [0, 0.05) is 6.04 Å². The Morgan fingerprint density at radius 3 is 2.19 bits per heavy atom. The first-order valence-electron chi connectivity index (χ1n) is 6.79. The molecule has 1 atom stereocenters. The molecule has 0 amide bonds. The monoisotopic (exact) mass is 304 g/mol. The van der Waals surface area contributed by atoms with E-state index in [0.29, 0.717) is 5.69 Å². The van der Waals surface area contributed by atoms with Crippen molar-refractivity contribution in [3.63, 3.8) is 0 Å². The third-order valence-electron chi connectivity index (χ3n) is 3.51. The van der Waals surface area contributed by atoms with E-state index in [1.54, 1.807) is 18.2 Å². The second kappa shape index (κ2) is 6.28. The molecule has 0 aliphatic carbocycles. The molecular weight excluding hydrogens is 284 g/mol. The van der Waals surface area contributed by atoms with Gasteiger partial charge in [0.05, 0.1) is 10.6 Å².